The first-order valence-corrected chi connectivity index (χ1v) is 11.1. The molecule has 0 heterocycles. The van der Waals surface area contributed by atoms with Gasteiger partial charge in [-0.2, -0.15) is 0 Å². The molecular formula is C18H17FN2O4S2. The van der Waals surface area contributed by atoms with Crippen LogP contribution >= 0.6 is 0 Å². The van der Waals surface area contributed by atoms with E-state index in [2.05, 4.69) is 4.72 Å². The molecule has 0 spiro atoms. The molecule has 27 heavy (non-hydrogen) atoms. The predicted molar refractivity (Wildman–Crippen MR) is 103 cm³/mol. The van der Waals surface area contributed by atoms with Crippen LogP contribution in [-0.2, 0) is 26.5 Å². The van der Waals surface area contributed by atoms with Crippen LogP contribution in [0.4, 0.5) is 10.1 Å². The van der Waals surface area contributed by atoms with Gasteiger partial charge in [0.2, 0.25) is 20.0 Å². The molecule has 0 radical (unpaired) electrons. The molecule has 0 bridgehead atoms. The van der Waals surface area contributed by atoms with Crippen molar-refractivity contribution in [3.63, 3.8) is 0 Å². The molecule has 6 nitrogen and oxygen atoms in total. The monoisotopic (exact) mass is 408 g/mol. The molecule has 142 valence electrons. The summed E-state index contributed by atoms with van der Waals surface area (Å²) < 4.78 is 63.4. The van der Waals surface area contributed by atoms with Gasteiger partial charge in [0.05, 0.1) is 11.4 Å². The second kappa shape index (κ2) is 7.26. The standard InChI is InChI=1S/C18H17FN2O4S2/c19-16-7-8-18(27(20,24)25)17(12-16)21-26(22,23)10-9-13-5-6-14-3-1-2-4-15(14)11-13/h1-8,11-12,21H,9-10H2,(H2,20,24,25). The van der Waals surface area contributed by atoms with Crippen LogP contribution in [0.1, 0.15) is 5.56 Å². The molecule has 0 saturated carbocycles. The van der Waals surface area contributed by atoms with E-state index in [4.69, 9.17) is 5.14 Å². The van der Waals surface area contributed by atoms with Crippen molar-refractivity contribution in [2.45, 2.75) is 11.3 Å². The zero-order valence-electron chi connectivity index (χ0n) is 14.1. The Morgan fingerprint density at radius 1 is 0.889 bits per heavy atom. The molecular weight excluding hydrogens is 391 g/mol. The van der Waals surface area contributed by atoms with Crippen molar-refractivity contribution >= 4 is 36.5 Å². The van der Waals surface area contributed by atoms with Crippen molar-refractivity contribution in [3.05, 3.63) is 72.0 Å². The van der Waals surface area contributed by atoms with Gasteiger partial charge in [-0.25, -0.2) is 26.4 Å². The third kappa shape index (κ3) is 4.82. The summed E-state index contributed by atoms with van der Waals surface area (Å²) in [5.41, 5.74) is 0.404. The van der Waals surface area contributed by atoms with Gasteiger partial charge in [0.25, 0.3) is 0 Å². The first kappa shape index (κ1) is 19.3. The molecule has 9 heteroatoms. The van der Waals surface area contributed by atoms with Gasteiger partial charge < -0.3 is 0 Å². The van der Waals surface area contributed by atoms with Crippen LogP contribution < -0.4 is 9.86 Å². The average Bonchev–Trinajstić information content (AvgIpc) is 2.58. The molecule has 0 unspecified atom stereocenters. The largest absolute Gasteiger partial charge is 0.282 e. The van der Waals surface area contributed by atoms with Crippen molar-refractivity contribution < 1.29 is 21.2 Å². The van der Waals surface area contributed by atoms with E-state index in [1.807, 2.05) is 42.5 Å². The third-order valence-corrected chi connectivity index (χ3v) is 6.23. The Morgan fingerprint density at radius 3 is 2.30 bits per heavy atom. The SMILES string of the molecule is NS(=O)(=O)c1ccc(F)cc1NS(=O)(=O)CCc1ccc2ccccc2c1. The molecule has 3 aromatic carbocycles. The number of aryl methyl sites for hydroxylation is 1. The molecule has 3 aromatic rings. The Morgan fingerprint density at radius 2 is 1.59 bits per heavy atom. The van der Waals surface area contributed by atoms with Crippen molar-refractivity contribution in [2.75, 3.05) is 10.5 Å². The lowest BCUT2D eigenvalue weighted by Gasteiger charge is -2.12. The number of nitrogens with one attached hydrogen (secondary N) is 1. The van der Waals surface area contributed by atoms with Gasteiger partial charge in [-0.1, -0.05) is 42.5 Å². The molecule has 0 aliphatic heterocycles. The Bertz CT molecular complexity index is 1210. The summed E-state index contributed by atoms with van der Waals surface area (Å²) in [7, 11) is -8.13. The topological polar surface area (TPSA) is 106 Å². The molecule has 0 aromatic heterocycles. The maximum atomic E-state index is 13.4. The lowest BCUT2D eigenvalue weighted by Crippen LogP contribution is -2.21. The number of hydrogen-bond donors (Lipinski definition) is 2. The number of rotatable bonds is 6. The zero-order chi connectivity index (χ0) is 19.7. The maximum Gasteiger partial charge on any atom is 0.240 e. The van der Waals surface area contributed by atoms with Gasteiger partial charge >= 0.3 is 0 Å². The van der Waals surface area contributed by atoms with Crippen LogP contribution in [0.3, 0.4) is 0 Å². The molecule has 3 rings (SSSR count). The molecule has 0 aliphatic rings. The predicted octanol–water partition coefficient (Wildman–Crippen LogP) is 2.61. The fraction of sp³-hybridized carbons (Fsp3) is 0.111. The van der Waals surface area contributed by atoms with E-state index < -0.39 is 36.4 Å². The highest BCUT2D eigenvalue weighted by Gasteiger charge is 2.19. The molecule has 3 N–H and O–H groups in total. The second-order valence-corrected chi connectivity index (χ2v) is 9.41. The maximum absolute atomic E-state index is 13.4. The van der Waals surface area contributed by atoms with Gasteiger partial charge in [0, 0.05) is 0 Å². The number of primary sulfonamides is 1. The number of anilines is 1. The van der Waals surface area contributed by atoms with E-state index in [9.17, 15) is 21.2 Å². The number of hydrogen-bond acceptors (Lipinski definition) is 4. The first-order valence-electron chi connectivity index (χ1n) is 7.95. The van der Waals surface area contributed by atoms with Crippen molar-refractivity contribution in [3.8, 4) is 0 Å². The third-order valence-electron chi connectivity index (χ3n) is 3.99. The quantitative estimate of drug-likeness (QED) is 0.654. The van der Waals surface area contributed by atoms with E-state index in [0.717, 1.165) is 34.5 Å². The first-order chi connectivity index (χ1) is 12.6. The number of fused-ring (bicyclic) bond motifs is 1. The summed E-state index contributed by atoms with van der Waals surface area (Å²) in [5, 5.41) is 7.09. The lowest BCUT2D eigenvalue weighted by molar-refractivity contribution is 0.596. The molecule has 0 fully saturated rings. The zero-order valence-corrected chi connectivity index (χ0v) is 15.7. The summed E-state index contributed by atoms with van der Waals surface area (Å²) >= 11 is 0. The van der Waals surface area contributed by atoms with Crippen LogP contribution in [0.25, 0.3) is 10.8 Å². The molecule has 0 atom stereocenters. The van der Waals surface area contributed by atoms with Crippen LogP contribution in [0.5, 0.6) is 0 Å². The Hall–Kier alpha value is -2.49. The Balaban J connectivity index is 1.80. The second-order valence-electron chi connectivity index (χ2n) is 6.04. The highest BCUT2D eigenvalue weighted by Crippen LogP contribution is 2.23. The fourth-order valence-electron chi connectivity index (χ4n) is 2.70. The van der Waals surface area contributed by atoms with E-state index in [-0.39, 0.29) is 12.2 Å². The van der Waals surface area contributed by atoms with Gasteiger partial charge in [-0.3, -0.25) is 4.72 Å². The summed E-state index contributed by atoms with van der Waals surface area (Å²) in [6.45, 7) is 0. The number of benzene rings is 3. The van der Waals surface area contributed by atoms with Crippen molar-refractivity contribution in [1.82, 2.24) is 0 Å². The van der Waals surface area contributed by atoms with E-state index in [0.29, 0.717) is 0 Å². The highest BCUT2D eigenvalue weighted by atomic mass is 32.2. The van der Waals surface area contributed by atoms with Crippen LogP contribution in [0.15, 0.2) is 65.6 Å². The normalized spacial score (nSPS) is 12.2. The molecule has 0 amide bonds. The van der Waals surface area contributed by atoms with Crippen LogP contribution in [-0.4, -0.2) is 22.6 Å². The lowest BCUT2D eigenvalue weighted by atomic mass is 10.1. The highest BCUT2D eigenvalue weighted by molar-refractivity contribution is 7.93. The summed E-state index contributed by atoms with van der Waals surface area (Å²) in [6.07, 6.45) is 0.209. The molecule has 0 aliphatic carbocycles. The van der Waals surface area contributed by atoms with E-state index in [1.165, 1.54) is 0 Å². The molecule has 0 saturated heterocycles. The van der Waals surface area contributed by atoms with Gasteiger partial charge in [-0.15, -0.1) is 0 Å². The summed E-state index contributed by atoms with van der Waals surface area (Å²) in [6, 6.07) is 15.9. The van der Waals surface area contributed by atoms with Crippen molar-refractivity contribution in [2.24, 2.45) is 5.14 Å². The average molecular weight is 408 g/mol. The minimum absolute atomic E-state index is 0.209. The number of sulfonamides is 2. The number of nitrogens with two attached hydrogens (primary N) is 1. The smallest absolute Gasteiger partial charge is 0.240 e. The van der Waals surface area contributed by atoms with E-state index >= 15 is 0 Å². The Kier molecular flexibility index (Phi) is 5.18. The summed E-state index contributed by atoms with van der Waals surface area (Å²) in [5.74, 6) is -1.08. The minimum Gasteiger partial charge on any atom is -0.282 e. The van der Waals surface area contributed by atoms with Gasteiger partial charge in [0.15, 0.2) is 0 Å². The summed E-state index contributed by atoms with van der Waals surface area (Å²) in [4.78, 5) is -0.488. The number of halogens is 1. The van der Waals surface area contributed by atoms with E-state index in [1.54, 1.807) is 0 Å². The van der Waals surface area contributed by atoms with Gasteiger partial charge in [0.1, 0.15) is 10.7 Å². The van der Waals surface area contributed by atoms with Crippen molar-refractivity contribution in [1.29, 1.82) is 0 Å². The van der Waals surface area contributed by atoms with Gasteiger partial charge in [-0.05, 0) is 41.0 Å². The van der Waals surface area contributed by atoms with Crippen LogP contribution in [0, 0.1) is 5.82 Å². The van der Waals surface area contributed by atoms with Crippen LogP contribution in [0.2, 0.25) is 0 Å². The Labute approximate surface area is 156 Å². The fourth-order valence-corrected chi connectivity index (χ4v) is 4.54. The minimum atomic E-state index is -4.21.